The number of likely N-dealkylation sites (N-methyl/N-ethyl adjacent to an activating group) is 1. The molecular weight excluding hydrogens is 258 g/mol. The molecule has 1 aliphatic rings. The summed E-state index contributed by atoms with van der Waals surface area (Å²) in [5, 5.41) is 2.24. The van der Waals surface area contributed by atoms with E-state index in [1.54, 1.807) is 6.92 Å². The summed E-state index contributed by atoms with van der Waals surface area (Å²) in [6, 6.07) is 0.340. The van der Waals surface area contributed by atoms with Crippen molar-refractivity contribution in [2.75, 3.05) is 26.2 Å². The molecular formula is C14H27N3O3. The van der Waals surface area contributed by atoms with E-state index in [0.717, 1.165) is 19.4 Å². The van der Waals surface area contributed by atoms with Crippen LogP contribution < -0.4 is 11.1 Å². The van der Waals surface area contributed by atoms with Crippen LogP contribution in [-0.2, 0) is 9.53 Å². The Balaban J connectivity index is 2.52. The van der Waals surface area contributed by atoms with Crippen molar-refractivity contribution in [3.63, 3.8) is 0 Å². The van der Waals surface area contributed by atoms with Crippen LogP contribution in [0.25, 0.3) is 0 Å². The molecule has 3 N–H and O–H groups in total. The third-order valence-electron chi connectivity index (χ3n) is 3.91. The molecule has 0 aromatic rings. The number of hydrogen-bond acceptors (Lipinski definition) is 5. The molecule has 0 heterocycles. The number of imide groups is 1. The summed E-state index contributed by atoms with van der Waals surface area (Å²) in [4.78, 5) is 25.2. The molecule has 0 aromatic carbocycles. The van der Waals surface area contributed by atoms with Gasteiger partial charge in [0, 0.05) is 6.04 Å². The quantitative estimate of drug-likeness (QED) is 0.763. The van der Waals surface area contributed by atoms with Gasteiger partial charge in [-0.1, -0.05) is 19.8 Å². The molecule has 116 valence electrons. The molecule has 6 nitrogen and oxygen atoms in total. The van der Waals surface area contributed by atoms with Gasteiger partial charge >= 0.3 is 6.09 Å². The number of alkyl carbamates (subject to hydrolysis) is 1. The van der Waals surface area contributed by atoms with Crippen LogP contribution >= 0.6 is 0 Å². The standard InChI is InChI=1S/C14H27N3O3/c1-3-17(10-13(18)16-14(19)20-4-2)12-8-6-5-7-11(12)9-15/h11-12H,3-10,15H2,1-2H3,(H,16,18,19). The smallest absolute Gasteiger partial charge is 0.413 e. The second kappa shape index (κ2) is 8.92. The fourth-order valence-electron chi connectivity index (χ4n) is 2.91. The molecule has 0 aromatic heterocycles. The Bertz CT molecular complexity index is 323. The van der Waals surface area contributed by atoms with Crippen molar-refractivity contribution >= 4 is 12.0 Å². The van der Waals surface area contributed by atoms with Crippen molar-refractivity contribution in [3.8, 4) is 0 Å². The van der Waals surface area contributed by atoms with Gasteiger partial charge in [0.1, 0.15) is 0 Å². The Morgan fingerprint density at radius 3 is 2.60 bits per heavy atom. The molecule has 20 heavy (non-hydrogen) atoms. The Kier molecular flexibility index (Phi) is 7.54. The Morgan fingerprint density at radius 2 is 2.00 bits per heavy atom. The third kappa shape index (κ3) is 5.09. The summed E-state index contributed by atoms with van der Waals surface area (Å²) in [6.07, 6.45) is 3.91. The first-order valence-corrected chi connectivity index (χ1v) is 7.53. The van der Waals surface area contributed by atoms with Crippen LogP contribution in [-0.4, -0.2) is 49.2 Å². The molecule has 0 saturated heterocycles. The van der Waals surface area contributed by atoms with E-state index in [0.29, 0.717) is 18.5 Å². The topological polar surface area (TPSA) is 84.7 Å². The van der Waals surface area contributed by atoms with E-state index < -0.39 is 6.09 Å². The van der Waals surface area contributed by atoms with Gasteiger partial charge < -0.3 is 10.5 Å². The number of carbonyl (C=O) groups is 2. The predicted octanol–water partition coefficient (Wildman–Crippen LogP) is 1.10. The maximum atomic E-state index is 11.9. The second-order valence-electron chi connectivity index (χ2n) is 5.18. The van der Waals surface area contributed by atoms with E-state index in [1.165, 1.54) is 12.8 Å². The minimum absolute atomic E-state index is 0.219. The van der Waals surface area contributed by atoms with Gasteiger partial charge in [-0.3, -0.25) is 15.0 Å². The van der Waals surface area contributed by atoms with Crippen LogP contribution in [0.1, 0.15) is 39.5 Å². The van der Waals surface area contributed by atoms with Gasteiger partial charge in [-0.05, 0) is 38.8 Å². The highest BCUT2D eigenvalue weighted by Gasteiger charge is 2.29. The van der Waals surface area contributed by atoms with Crippen molar-refractivity contribution in [1.29, 1.82) is 0 Å². The van der Waals surface area contributed by atoms with E-state index in [-0.39, 0.29) is 19.1 Å². The van der Waals surface area contributed by atoms with Gasteiger partial charge in [0.2, 0.25) is 5.91 Å². The number of ether oxygens (including phenoxy) is 1. The molecule has 6 heteroatoms. The first kappa shape index (κ1) is 16.9. The molecule has 1 aliphatic carbocycles. The fraction of sp³-hybridized carbons (Fsp3) is 0.857. The lowest BCUT2D eigenvalue weighted by Gasteiger charge is -2.38. The molecule has 0 aliphatic heterocycles. The number of nitrogens with zero attached hydrogens (tertiary/aromatic N) is 1. The van der Waals surface area contributed by atoms with E-state index in [9.17, 15) is 9.59 Å². The summed E-state index contributed by atoms with van der Waals surface area (Å²) in [6.45, 7) is 5.64. The summed E-state index contributed by atoms with van der Waals surface area (Å²) < 4.78 is 4.71. The van der Waals surface area contributed by atoms with Gasteiger partial charge in [-0.15, -0.1) is 0 Å². The van der Waals surface area contributed by atoms with Gasteiger partial charge in [0.15, 0.2) is 0 Å². The normalized spacial score (nSPS) is 22.6. The maximum Gasteiger partial charge on any atom is 0.413 e. The molecule has 1 saturated carbocycles. The maximum absolute atomic E-state index is 11.9. The van der Waals surface area contributed by atoms with Gasteiger partial charge in [0.25, 0.3) is 0 Å². The van der Waals surface area contributed by atoms with Crippen LogP contribution in [0.15, 0.2) is 0 Å². The molecule has 0 radical (unpaired) electrons. The van der Waals surface area contributed by atoms with Crippen molar-refractivity contribution in [2.45, 2.75) is 45.6 Å². The number of hydrogen-bond donors (Lipinski definition) is 2. The van der Waals surface area contributed by atoms with Gasteiger partial charge in [-0.2, -0.15) is 0 Å². The minimum Gasteiger partial charge on any atom is -0.450 e. The van der Waals surface area contributed by atoms with Crippen molar-refractivity contribution in [1.82, 2.24) is 10.2 Å². The van der Waals surface area contributed by atoms with E-state index in [2.05, 4.69) is 10.2 Å². The largest absolute Gasteiger partial charge is 0.450 e. The third-order valence-corrected chi connectivity index (χ3v) is 3.91. The van der Waals surface area contributed by atoms with Crippen molar-refractivity contribution < 1.29 is 14.3 Å². The lowest BCUT2D eigenvalue weighted by atomic mass is 9.83. The Labute approximate surface area is 121 Å². The monoisotopic (exact) mass is 285 g/mol. The zero-order chi connectivity index (χ0) is 15.0. The first-order chi connectivity index (χ1) is 9.62. The van der Waals surface area contributed by atoms with Crippen LogP contribution in [0.3, 0.4) is 0 Å². The minimum atomic E-state index is -0.674. The van der Waals surface area contributed by atoms with Crippen LogP contribution in [0.4, 0.5) is 4.79 Å². The van der Waals surface area contributed by atoms with E-state index in [4.69, 9.17) is 10.5 Å². The number of amides is 2. The van der Waals surface area contributed by atoms with Crippen molar-refractivity contribution in [3.05, 3.63) is 0 Å². The lowest BCUT2D eigenvalue weighted by molar-refractivity contribution is -0.122. The first-order valence-electron chi connectivity index (χ1n) is 7.53. The lowest BCUT2D eigenvalue weighted by Crippen LogP contribution is -2.49. The molecule has 0 spiro atoms. The molecule has 2 atom stereocenters. The van der Waals surface area contributed by atoms with Gasteiger partial charge in [-0.25, -0.2) is 4.79 Å². The van der Waals surface area contributed by atoms with Crippen LogP contribution in [0, 0.1) is 5.92 Å². The summed E-state index contributed by atoms with van der Waals surface area (Å²) in [5.41, 5.74) is 5.84. The Hall–Kier alpha value is -1.14. The van der Waals surface area contributed by atoms with Gasteiger partial charge in [0.05, 0.1) is 13.2 Å². The molecule has 2 amide bonds. The van der Waals surface area contributed by atoms with Crippen LogP contribution in [0.2, 0.25) is 0 Å². The average molecular weight is 285 g/mol. The molecule has 2 unspecified atom stereocenters. The highest BCUT2D eigenvalue weighted by atomic mass is 16.5. The Morgan fingerprint density at radius 1 is 1.30 bits per heavy atom. The number of nitrogens with one attached hydrogen (secondary N) is 1. The highest BCUT2D eigenvalue weighted by Crippen LogP contribution is 2.27. The van der Waals surface area contributed by atoms with E-state index in [1.807, 2.05) is 6.92 Å². The number of rotatable bonds is 6. The highest BCUT2D eigenvalue weighted by molar-refractivity contribution is 5.92. The second-order valence-corrected chi connectivity index (χ2v) is 5.18. The summed E-state index contributed by atoms with van der Waals surface area (Å²) in [5.74, 6) is 0.130. The zero-order valence-corrected chi connectivity index (χ0v) is 12.6. The average Bonchev–Trinajstić information content (AvgIpc) is 2.45. The summed E-state index contributed by atoms with van der Waals surface area (Å²) >= 11 is 0. The van der Waals surface area contributed by atoms with E-state index >= 15 is 0 Å². The molecule has 0 bridgehead atoms. The van der Waals surface area contributed by atoms with Crippen LogP contribution in [0.5, 0.6) is 0 Å². The fourth-order valence-corrected chi connectivity index (χ4v) is 2.91. The number of nitrogens with two attached hydrogens (primary N) is 1. The summed E-state index contributed by atoms with van der Waals surface area (Å²) in [7, 11) is 0. The predicted molar refractivity (Wildman–Crippen MR) is 77.2 cm³/mol. The SMILES string of the molecule is CCOC(=O)NC(=O)CN(CC)C1CCCCC1CN. The zero-order valence-electron chi connectivity index (χ0n) is 12.6. The number of carbonyl (C=O) groups excluding carboxylic acids is 2. The molecule has 1 fully saturated rings. The van der Waals surface area contributed by atoms with Crippen molar-refractivity contribution in [2.24, 2.45) is 11.7 Å². The molecule has 1 rings (SSSR count).